The van der Waals surface area contributed by atoms with Crippen molar-refractivity contribution in [3.63, 3.8) is 0 Å². The van der Waals surface area contributed by atoms with E-state index in [-0.39, 0.29) is 29.3 Å². The Labute approximate surface area is 138 Å². The number of amides is 1. The first kappa shape index (κ1) is 17.4. The van der Waals surface area contributed by atoms with Gasteiger partial charge in [-0.15, -0.1) is 0 Å². The summed E-state index contributed by atoms with van der Waals surface area (Å²) >= 11 is 0. The van der Waals surface area contributed by atoms with Crippen LogP contribution in [0.3, 0.4) is 0 Å². The van der Waals surface area contributed by atoms with Gasteiger partial charge in [-0.3, -0.25) is 14.4 Å². The van der Waals surface area contributed by atoms with E-state index in [1.807, 2.05) is 0 Å². The molecule has 2 aromatic rings. The molecule has 3 N–H and O–H groups in total. The summed E-state index contributed by atoms with van der Waals surface area (Å²) in [5.41, 5.74) is 5.74. The molecule has 0 spiro atoms. The van der Waals surface area contributed by atoms with Gasteiger partial charge in [0.15, 0.2) is 18.2 Å². The number of ketones is 2. The quantitative estimate of drug-likeness (QED) is 0.752. The SMILES string of the molecule is CC(=O)c1ccccc1C(O)C(=O)c1cccc(OCC(N)=O)c1. The van der Waals surface area contributed by atoms with Crippen molar-refractivity contribution < 1.29 is 24.2 Å². The standard InChI is InChI=1S/C18H17NO5/c1-11(20)14-7-2-3-8-15(14)18(23)17(22)12-5-4-6-13(9-12)24-10-16(19)21/h2-9,18,23H,10H2,1H3,(H2,19,21). The first-order chi connectivity index (χ1) is 11.4. The largest absolute Gasteiger partial charge is 0.484 e. The lowest BCUT2D eigenvalue weighted by molar-refractivity contribution is -0.119. The molecule has 24 heavy (non-hydrogen) atoms. The number of rotatable bonds is 7. The Bertz CT molecular complexity index is 784. The van der Waals surface area contributed by atoms with E-state index in [1.165, 1.54) is 25.1 Å². The molecular formula is C18H17NO5. The molecule has 0 aromatic heterocycles. The third kappa shape index (κ3) is 4.05. The summed E-state index contributed by atoms with van der Waals surface area (Å²) in [7, 11) is 0. The van der Waals surface area contributed by atoms with Crippen LogP contribution in [0.2, 0.25) is 0 Å². The molecule has 0 aliphatic heterocycles. The zero-order valence-electron chi connectivity index (χ0n) is 13.1. The fraction of sp³-hybridized carbons (Fsp3) is 0.167. The maximum absolute atomic E-state index is 12.5. The number of aliphatic hydroxyl groups is 1. The van der Waals surface area contributed by atoms with Crippen molar-refractivity contribution in [2.24, 2.45) is 5.73 Å². The van der Waals surface area contributed by atoms with Crippen LogP contribution >= 0.6 is 0 Å². The van der Waals surface area contributed by atoms with Crippen LogP contribution in [-0.4, -0.2) is 29.2 Å². The molecule has 124 valence electrons. The zero-order valence-corrected chi connectivity index (χ0v) is 13.1. The zero-order chi connectivity index (χ0) is 17.7. The molecule has 0 bridgehead atoms. The maximum Gasteiger partial charge on any atom is 0.255 e. The molecule has 0 fully saturated rings. The summed E-state index contributed by atoms with van der Waals surface area (Å²) < 4.78 is 5.14. The molecule has 6 nitrogen and oxygen atoms in total. The average Bonchev–Trinajstić information content (AvgIpc) is 2.58. The highest BCUT2D eigenvalue weighted by atomic mass is 16.5. The number of carbonyl (C=O) groups is 3. The molecule has 6 heteroatoms. The minimum Gasteiger partial charge on any atom is -0.484 e. The molecule has 1 atom stereocenters. The molecule has 0 saturated carbocycles. The average molecular weight is 327 g/mol. The fourth-order valence-corrected chi connectivity index (χ4v) is 2.25. The molecule has 0 aliphatic carbocycles. The van der Waals surface area contributed by atoms with Crippen LogP contribution in [0.15, 0.2) is 48.5 Å². The van der Waals surface area contributed by atoms with Gasteiger partial charge in [0, 0.05) is 11.1 Å². The second-order valence-electron chi connectivity index (χ2n) is 5.19. The third-order valence-corrected chi connectivity index (χ3v) is 3.38. The van der Waals surface area contributed by atoms with Crippen LogP contribution in [0.1, 0.15) is 39.3 Å². The van der Waals surface area contributed by atoms with Crippen LogP contribution < -0.4 is 10.5 Å². The van der Waals surface area contributed by atoms with Gasteiger partial charge in [-0.25, -0.2) is 0 Å². The third-order valence-electron chi connectivity index (χ3n) is 3.38. The highest BCUT2D eigenvalue weighted by Crippen LogP contribution is 2.24. The van der Waals surface area contributed by atoms with Gasteiger partial charge in [0.05, 0.1) is 0 Å². The first-order valence-electron chi connectivity index (χ1n) is 7.23. The molecular weight excluding hydrogens is 310 g/mol. The van der Waals surface area contributed by atoms with Gasteiger partial charge in [-0.1, -0.05) is 36.4 Å². The number of primary amides is 1. The van der Waals surface area contributed by atoms with E-state index in [1.54, 1.807) is 30.3 Å². The van der Waals surface area contributed by atoms with Crippen LogP contribution in [-0.2, 0) is 4.79 Å². The molecule has 0 saturated heterocycles. The summed E-state index contributed by atoms with van der Waals surface area (Å²) in [6.07, 6.45) is -1.48. The van der Waals surface area contributed by atoms with Crippen LogP contribution in [0.5, 0.6) is 5.75 Å². The summed E-state index contributed by atoms with van der Waals surface area (Å²) in [6.45, 7) is 1.06. The topological polar surface area (TPSA) is 107 Å². The Morgan fingerprint density at radius 2 is 1.83 bits per heavy atom. The van der Waals surface area contributed by atoms with Gasteiger partial charge in [-0.05, 0) is 24.6 Å². The smallest absolute Gasteiger partial charge is 0.255 e. The van der Waals surface area contributed by atoms with E-state index in [2.05, 4.69) is 0 Å². The number of aliphatic hydroxyl groups excluding tert-OH is 1. The van der Waals surface area contributed by atoms with E-state index >= 15 is 0 Å². The predicted octanol–water partition coefficient (Wildman–Crippen LogP) is 1.67. The maximum atomic E-state index is 12.5. The monoisotopic (exact) mass is 327 g/mol. The first-order valence-corrected chi connectivity index (χ1v) is 7.23. The lowest BCUT2D eigenvalue weighted by Crippen LogP contribution is -2.20. The molecule has 2 aromatic carbocycles. The van der Waals surface area contributed by atoms with Gasteiger partial charge in [0.1, 0.15) is 11.9 Å². The van der Waals surface area contributed by atoms with Crippen LogP contribution in [0.4, 0.5) is 0 Å². The molecule has 2 rings (SSSR count). The second-order valence-corrected chi connectivity index (χ2v) is 5.19. The van der Waals surface area contributed by atoms with Crippen LogP contribution in [0.25, 0.3) is 0 Å². The van der Waals surface area contributed by atoms with Crippen molar-refractivity contribution in [1.82, 2.24) is 0 Å². The minimum atomic E-state index is -1.48. The predicted molar refractivity (Wildman–Crippen MR) is 86.9 cm³/mol. The Morgan fingerprint density at radius 1 is 1.12 bits per heavy atom. The normalized spacial score (nSPS) is 11.6. The summed E-state index contributed by atoms with van der Waals surface area (Å²) in [4.78, 5) is 34.9. The molecule has 1 unspecified atom stereocenters. The molecule has 1 amide bonds. The lowest BCUT2D eigenvalue weighted by atomic mass is 9.94. The van der Waals surface area contributed by atoms with Gasteiger partial charge < -0.3 is 15.6 Å². The summed E-state index contributed by atoms with van der Waals surface area (Å²) in [5.74, 6) is -1.17. The van der Waals surface area contributed by atoms with Crippen molar-refractivity contribution >= 4 is 17.5 Å². The highest BCUT2D eigenvalue weighted by Gasteiger charge is 2.23. The number of carbonyl (C=O) groups excluding carboxylic acids is 3. The number of ether oxygens (including phenoxy) is 1. The van der Waals surface area contributed by atoms with E-state index < -0.39 is 17.8 Å². The Balaban J connectivity index is 2.27. The Hall–Kier alpha value is -2.99. The van der Waals surface area contributed by atoms with E-state index in [4.69, 9.17) is 10.5 Å². The van der Waals surface area contributed by atoms with Crippen molar-refractivity contribution in [3.8, 4) is 5.75 Å². The summed E-state index contributed by atoms with van der Waals surface area (Å²) in [6, 6.07) is 12.4. The van der Waals surface area contributed by atoms with Gasteiger partial charge >= 0.3 is 0 Å². The molecule has 0 heterocycles. The highest BCUT2D eigenvalue weighted by molar-refractivity contribution is 6.03. The van der Waals surface area contributed by atoms with E-state index in [0.29, 0.717) is 5.56 Å². The van der Waals surface area contributed by atoms with Gasteiger partial charge in [0.25, 0.3) is 5.91 Å². The van der Waals surface area contributed by atoms with Crippen molar-refractivity contribution in [2.45, 2.75) is 13.0 Å². The number of benzene rings is 2. The van der Waals surface area contributed by atoms with E-state index in [0.717, 1.165) is 0 Å². The summed E-state index contributed by atoms with van der Waals surface area (Å²) in [5, 5.41) is 10.4. The van der Waals surface area contributed by atoms with Gasteiger partial charge in [0.2, 0.25) is 0 Å². The lowest BCUT2D eigenvalue weighted by Gasteiger charge is -2.14. The number of nitrogens with two attached hydrogens (primary N) is 1. The number of hydrogen-bond acceptors (Lipinski definition) is 5. The fourth-order valence-electron chi connectivity index (χ4n) is 2.25. The Morgan fingerprint density at radius 3 is 2.50 bits per heavy atom. The number of Topliss-reactive ketones (excluding diaryl/α,β-unsaturated/α-hetero) is 2. The van der Waals surface area contributed by atoms with Crippen molar-refractivity contribution in [1.29, 1.82) is 0 Å². The second kappa shape index (κ2) is 7.52. The van der Waals surface area contributed by atoms with E-state index in [9.17, 15) is 19.5 Å². The Kier molecular flexibility index (Phi) is 5.44. The molecule has 0 radical (unpaired) electrons. The van der Waals surface area contributed by atoms with Crippen LogP contribution in [0, 0.1) is 0 Å². The minimum absolute atomic E-state index is 0.197. The van der Waals surface area contributed by atoms with Crippen molar-refractivity contribution in [2.75, 3.05) is 6.61 Å². The molecule has 0 aliphatic rings. The number of hydrogen-bond donors (Lipinski definition) is 2. The van der Waals surface area contributed by atoms with Gasteiger partial charge in [-0.2, -0.15) is 0 Å². The van der Waals surface area contributed by atoms with Crippen molar-refractivity contribution in [3.05, 3.63) is 65.2 Å².